The van der Waals surface area contributed by atoms with Crippen molar-refractivity contribution in [2.45, 2.75) is 51.2 Å². The SMILES string of the molecule is CC(C)C(NC(=O)N1CCC2CCC(C1)N2C)c1ccccn1. The molecule has 3 atom stereocenters. The Hall–Kier alpha value is -1.62. The minimum absolute atomic E-state index is 0.0399. The number of amides is 2. The van der Waals surface area contributed by atoms with Crippen LogP contribution in [0.3, 0.4) is 0 Å². The monoisotopic (exact) mass is 316 g/mol. The first-order chi connectivity index (χ1) is 11.1. The van der Waals surface area contributed by atoms with Crippen LogP contribution in [-0.2, 0) is 0 Å². The van der Waals surface area contributed by atoms with E-state index in [1.54, 1.807) is 6.20 Å². The van der Waals surface area contributed by atoms with Gasteiger partial charge in [0, 0.05) is 31.4 Å². The van der Waals surface area contributed by atoms with E-state index in [0.717, 1.165) is 25.2 Å². The van der Waals surface area contributed by atoms with Crippen LogP contribution in [0.1, 0.15) is 44.8 Å². The van der Waals surface area contributed by atoms with Gasteiger partial charge in [0.1, 0.15) is 0 Å². The van der Waals surface area contributed by atoms with Crippen molar-refractivity contribution in [3.8, 4) is 0 Å². The lowest BCUT2D eigenvalue weighted by Crippen LogP contribution is -2.46. The number of rotatable bonds is 3. The Kier molecular flexibility index (Phi) is 4.85. The number of nitrogens with one attached hydrogen (secondary N) is 1. The molecule has 0 saturated carbocycles. The average molecular weight is 316 g/mol. The van der Waals surface area contributed by atoms with E-state index in [1.165, 1.54) is 12.8 Å². The molecule has 5 heteroatoms. The van der Waals surface area contributed by atoms with Gasteiger partial charge in [0.15, 0.2) is 0 Å². The van der Waals surface area contributed by atoms with Crippen LogP contribution in [0.2, 0.25) is 0 Å². The van der Waals surface area contributed by atoms with Gasteiger partial charge in [-0.25, -0.2) is 4.79 Å². The summed E-state index contributed by atoms with van der Waals surface area (Å²) in [5.74, 6) is 0.306. The van der Waals surface area contributed by atoms with Gasteiger partial charge in [0.25, 0.3) is 0 Å². The number of carbonyl (C=O) groups is 1. The van der Waals surface area contributed by atoms with Crippen molar-refractivity contribution in [2.75, 3.05) is 20.1 Å². The number of likely N-dealkylation sites (tertiary alicyclic amines) is 1. The van der Waals surface area contributed by atoms with Crippen LogP contribution in [0, 0.1) is 5.92 Å². The van der Waals surface area contributed by atoms with Crippen LogP contribution in [0.25, 0.3) is 0 Å². The van der Waals surface area contributed by atoms with E-state index in [0.29, 0.717) is 18.0 Å². The smallest absolute Gasteiger partial charge is 0.317 e. The first kappa shape index (κ1) is 16.2. The Morgan fingerprint density at radius 1 is 1.26 bits per heavy atom. The number of likely N-dealkylation sites (N-methyl/N-ethyl adjacent to an activating group) is 1. The highest BCUT2D eigenvalue weighted by Crippen LogP contribution is 2.29. The van der Waals surface area contributed by atoms with Gasteiger partial charge in [-0.2, -0.15) is 0 Å². The van der Waals surface area contributed by atoms with Crippen LogP contribution in [0.4, 0.5) is 4.79 Å². The van der Waals surface area contributed by atoms with E-state index in [-0.39, 0.29) is 12.1 Å². The van der Waals surface area contributed by atoms with E-state index in [2.05, 4.69) is 36.1 Å². The minimum Gasteiger partial charge on any atom is -0.329 e. The Morgan fingerprint density at radius 3 is 2.74 bits per heavy atom. The molecule has 3 rings (SSSR count). The number of carbonyl (C=O) groups excluding carboxylic acids is 1. The number of hydrogen-bond donors (Lipinski definition) is 1. The predicted molar refractivity (Wildman–Crippen MR) is 91.1 cm³/mol. The standard InChI is InChI=1S/C18H28N4O/c1-13(2)17(16-6-4-5-10-19-16)20-18(23)22-11-9-14-7-8-15(12-22)21(14)3/h4-6,10,13-15,17H,7-9,11-12H2,1-3H3,(H,20,23). The van der Waals surface area contributed by atoms with Gasteiger partial charge in [-0.3, -0.25) is 9.88 Å². The third-order valence-electron chi connectivity index (χ3n) is 5.39. The van der Waals surface area contributed by atoms with Gasteiger partial charge in [-0.05, 0) is 44.4 Å². The van der Waals surface area contributed by atoms with Crippen molar-refractivity contribution < 1.29 is 4.79 Å². The maximum Gasteiger partial charge on any atom is 0.317 e. The molecule has 1 N–H and O–H groups in total. The van der Waals surface area contributed by atoms with Crippen molar-refractivity contribution in [1.82, 2.24) is 20.1 Å². The summed E-state index contributed by atoms with van der Waals surface area (Å²) in [5.41, 5.74) is 0.935. The van der Waals surface area contributed by atoms with E-state index >= 15 is 0 Å². The molecule has 2 saturated heterocycles. The zero-order valence-electron chi connectivity index (χ0n) is 14.4. The summed E-state index contributed by atoms with van der Waals surface area (Å²) in [6.07, 6.45) is 5.35. The summed E-state index contributed by atoms with van der Waals surface area (Å²) in [6.45, 7) is 5.94. The Labute approximate surface area is 139 Å². The van der Waals surface area contributed by atoms with Crippen LogP contribution >= 0.6 is 0 Å². The number of urea groups is 1. The van der Waals surface area contributed by atoms with Crippen LogP contribution in [0.15, 0.2) is 24.4 Å². The molecule has 1 aromatic heterocycles. The number of pyridine rings is 1. The Balaban J connectivity index is 1.67. The van der Waals surface area contributed by atoms with Gasteiger partial charge >= 0.3 is 6.03 Å². The molecular formula is C18H28N4O. The third kappa shape index (κ3) is 3.50. The molecule has 3 unspecified atom stereocenters. The molecule has 0 aromatic carbocycles. The Bertz CT molecular complexity index is 533. The normalized spacial score (nSPS) is 26.2. The number of nitrogens with zero attached hydrogens (tertiary/aromatic N) is 3. The minimum atomic E-state index is -0.0399. The van der Waals surface area contributed by atoms with Crippen LogP contribution in [-0.4, -0.2) is 53.0 Å². The van der Waals surface area contributed by atoms with E-state index < -0.39 is 0 Å². The summed E-state index contributed by atoms with van der Waals surface area (Å²) >= 11 is 0. The van der Waals surface area contributed by atoms with Gasteiger partial charge in [0.2, 0.25) is 0 Å². The molecule has 2 amide bonds. The maximum atomic E-state index is 12.8. The number of aromatic nitrogens is 1. The van der Waals surface area contributed by atoms with Crippen molar-refractivity contribution in [1.29, 1.82) is 0 Å². The van der Waals surface area contributed by atoms with Crippen LogP contribution < -0.4 is 5.32 Å². The number of hydrogen-bond acceptors (Lipinski definition) is 3. The van der Waals surface area contributed by atoms with Crippen LogP contribution in [0.5, 0.6) is 0 Å². The van der Waals surface area contributed by atoms with E-state index in [4.69, 9.17) is 0 Å². The molecule has 2 aliphatic rings. The summed E-state index contributed by atoms with van der Waals surface area (Å²) in [5, 5.41) is 3.21. The van der Waals surface area contributed by atoms with Crippen molar-refractivity contribution in [3.05, 3.63) is 30.1 Å². The average Bonchev–Trinajstić information content (AvgIpc) is 2.78. The van der Waals surface area contributed by atoms with Crippen molar-refractivity contribution in [3.63, 3.8) is 0 Å². The first-order valence-electron chi connectivity index (χ1n) is 8.74. The fourth-order valence-corrected chi connectivity index (χ4v) is 3.86. The van der Waals surface area contributed by atoms with Gasteiger partial charge < -0.3 is 10.2 Å². The highest BCUT2D eigenvalue weighted by atomic mass is 16.2. The quantitative estimate of drug-likeness (QED) is 0.932. The lowest BCUT2D eigenvalue weighted by atomic mass is 10.0. The molecule has 0 radical (unpaired) electrons. The van der Waals surface area contributed by atoms with Crippen molar-refractivity contribution in [2.24, 2.45) is 5.92 Å². The lowest BCUT2D eigenvalue weighted by molar-refractivity contribution is 0.181. The third-order valence-corrected chi connectivity index (χ3v) is 5.39. The molecule has 2 fully saturated rings. The zero-order chi connectivity index (χ0) is 16.4. The second-order valence-corrected chi connectivity index (χ2v) is 7.21. The largest absolute Gasteiger partial charge is 0.329 e. The molecular weight excluding hydrogens is 288 g/mol. The molecule has 23 heavy (non-hydrogen) atoms. The maximum absolute atomic E-state index is 12.8. The fourth-order valence-electron chi connectivity index (χ4n) is 3.86. The fraction of sp³-hybridized carbons (Fsp3) is 0.667. The topological polar surface area (TPSA) is 48.5 Å². The summed E-state index contributed by atoms with van der Waals surface area (Å²) in [6, 6.07) is 7.05. The molecule has 1 aromatic rings. The predicted octanol–water partition coefficient (Wildman–Crippen LogP) is 2.66. The summed E-state index contributed by atoms with van der Waals surface area (Å²) < 4.78 is 0. The first-order valence-corrected chi connectivity index (χ1v) is 8.74. The molecule has 2 bridgehead atoms. The van der Waals surface area contributed by atoms with Gasteiger partial charge in [-0.15, -0.1) is 0 Å². The number of fused-ring (bicyclic) bond motifs is 2. The summed E-state index contributed by atoms with van der Waals surface area (Å²) in [4.78, 5) is 21.7. The molecule has 3 heterocycles. The molecule has 0 aliphatic carbocycles. The molecule has 0 spiro atoms. The van der Waals surface area contributed by atoms with Gasteiger partial charge in [-0.1, -0.05) is 19.9 Å². The second kappa shape index (κ2) is 6.87. The molecule has 5 nitrogen and oxygen atoms in total. The van der Waals surface area contributed by atoms with E-state index in [1.807, 2.05) is 23.1 Å². The highest BCUT2D eigenvalue weighted by molar-refractivity contribution is 5.74. The van der Waals surface area contributed by atoms with E-state index in [9.17, 15) is 4.79 Å². The molecule has 2 aliphatic heterocycles. The highest BCUT2D eigenvalue weighted by Gasteiger charge is 2.36. The summed E-state index contributed by atoms with van der Waals surface area (Å²) in [7, 11) is 2.20. The second-order valence-electron chi connectivity index (χ2n) is 7.21. The van der Waals surface area contributed by atoms with Crippen molar-refractivity contribution >= 4 is 6.03 Å². The van der Waals surface area contributed by atoms with Gasteiger partial charge in [0.05, 0.1) is 11.7 Å². The lowest BCUT2D eigenvalue weighted by Gasteiger charge is -2.29. The zero-order valence-corrected chi connectivity index (χ0v) is 14.4. The molecule has 126 valence electrons. The Morgan fingerprint density at radius 2 is 2.04 bits per heavy atom.